The fraction of sp³-hybridized carbons (Fsp3) is 0. The Kier molecular flexibility index (Phi) is 3.54. The predicted octanol–water partition coefficient (Wildman–Crippen LogP) is 5.22. The molecule has 0 bridgehead atoms. The average Bonchev–Trinajstić information content (AvgIpc) is 2.74. The lowest BCUT2D eigenvalue weighted by Crippen LogP contribution is -1.90. The summed E-state index contributed by atoms with van der Waals surface area (Å²) in [5.74, 6) is 0.197. The largest absolute Gasteiger partial charge is 0.507 e. The predicted molar refractivity (Wildman–Crippen MR) is 107 cm³/mol. The standard InChI is InChI=1S/C23H15N3O/c27-21-10-8-17(18-4-1-11-24-14-18)13-19(21)20-9-7-16-6-5-15-3-2-12-25-22(15)23(16)26-20/h1-14,27H. The molecule has 0 unspecified atom stereocenters. The maximum atomic E-state index is 10.4. The van der Waals surface area contributed by atoms with Crippen molar-refractivity contribution in [2.24, 2.45) is 0 Å². The van der Waals surface area contributed by atoms with Crippen LogP contribution in [0.5, 0.6) is 5.75 Å². The van der Waals surface area contributed by atoms with Gasteiger partial charge in [-0.05, 0) is 35.9 Å². The van der Waals surface area contributed by atoms with Gasteiger partial charge in [0.15, 0.2) is 0 Å². The molecule has 0 saturated carbocycles. The van der Waals surface area contributed by atoms with Gasteiger partial charge in [0.05, 0.1) is 16.7 Å². The maximum Gasteiger partial charge on any atom is 0.125 e. The second-order valence-corrected chi connectivity index (χ2v) is 6.38. The highest BCUT2D eigenvalue weighted by Gasteiger charge is 2.11. The second kappa shape index (κ2) is 6.18. The highest BCUT2D eigenvalue weighted by atomic mass is 16.3. The van der Waals surface area contributed by atoms with Crippen LogP contribution in [-0.2, 0) is 0 Å². The van der Waals surface area contributed by atoms with E-state index in [1.165, 1.54) is 0 Å². The van der Waals surface area contributed by atoms with Crippen LogP contribution in [0.1, 0.15) is 0 Å². The molecule has 5 rings (SSSR count). The molecule has 0 aliphatic carbocycles. The summed E-state index contributed by atoms with van der Waals surface area (Å²) in [5.41, 5.74) is 5.06. The summed E-state index contributed by atoms with van der Waals surface area (Å²) < 4.78 is 0. The van der Waals surface area contributed by atoms with E-state index in [0.29, 0.717) is 11.3 Å². The van der Waals surface area contributed by atoms with E-state index in [1.807, 2.05) is 60.7 Å². The van der Waals surface area contributed by atoms with Gasteiger partial charge in [0.25, 0.3) is 0 Å². The molecule has 4 heteroatoms. The normalized spacial score (nSPS) is 11.1. The van der Waals surface area contributed by atoms with Gasteiger partial charge in [-0.15, -0.1) is 0 Å². The third-order valence-corrected chi connectivity index (χ3v) is 4.70. The Labute approximate surface area is 155 Å². The van der Waals surface area contributed by atoms with Crippen LogP contribution in [-0.4, -0.2) is 20.1 Å². The van der Waals surface area contributed by atoms with Crippen molar-refractivity contribution in [1.82, 2.24) is 15.0 Å². The highest BCUT2D eigenvalue weighted by molar-refractivity contribution is 6.03. The highest BCUT2D eigenvalue weighted by Crippen LogP contribution is 2.34. The smallest absolute Gasteiger partial charge is 0.125 e. The molecular weight excluding hydrogens is 334 g/mol. The molecule has 3 heterocycles. The fourth-order valence-corrected chi connectivity index (χ4v) is 3.33. The monoisotopic (exact) mass is 349 g/mol. The molecule has 5 aromatic rings. The minimum Gasteiger partial charge on any atom is -0.507 e. The third-order valence-electron chi connectivity index (χ3n) is 4.70. The third kappa shape index (κ3) is 2.68. The Morgan fingerprint density at radius 3 is 2.37 bits per heavy atom. The molecule has 3 aromatic heterocycles. The van der Waals surface area contributed by atoms with Gasteiger partial charge in [0, 0.05) is 40.5 Å². The molecule has 0 amide bonds. The number of nitrogens with zero attached hydrogens (tertiary/aromatic N) is 3. The number of aromatic nitrogens is 3. The maximum absolute atomic E-state index is 10.4. The molecule has 0 fully saturated rings. The van der Waals surface area contributed by atoms with E-state index in [4.69, 9.17) is 4.98 Å². The van der Waals surface area contributed by atoms with Crippen LogP contribution in [0.25, 0.3) is 44.2 Å². The summed E-state index contributed by atoms with van der Waals surface area (Å²) in [7, 11) is 0. The number of phenols is 1. The Morgan fingerprint density at radius 1 is 0.704 bits per heavy atom. The van der Waals surface area contributed by atoms with Crippen LogP contribution in [0.15, 0.2) is 85.3 Å². The van der Waals surface area contributed by atoms with Crippen LogP contribution in [0.2, 0.25) is 0 Å². The van der Waals surface area contributed by atoms with Crippen LogP contribution in [0, 0.1) is 0 Å². The van der Waals surface area contributed by atoms with E-state index in [-0.39, 0.29) is 5.75 Å². The van der Waals surface area contributed by atoms with Gasteiger partial charge >= 0.3 is 0 Å². The van der Waals surface area contributed by atoms with Gasteiger partial charge in [-0.2, -0.15) is 0 Å². The van der Waals surface area contributed by atoms with Crippen molar-refractivity contribution in [3.05, 3.63) is 85.3 Å². The van der Waals surface area contributed by atoms with Crippen molar-refractivity contribution in [1.29, 1.82) is 0 Å². The lowest BCUT2D eigenvalue weighted by molar-refractivity contribution is 0.477. The number of rotatable bonds is 2. The molecule has 0 aliphatic rings. The Hall–Kier alpha value is -3.79. The van der Waals surface area contributed by atoms with Crippen LogP contribution < -0.4 is 0 Å². The molecule has 1 N–H and O–H groups in total. The zero-order valence-electron chi connectivity index (χ0n) is 14.4. The first-order chi connectivity index (χ1) is 13.3. The average molecular weight is 349 g/mol. The van der Waals surface area contributed by atoms with E-state index < -0.39 is 0 Å². The number of hydrogen-bond acceptors (Lipinski definition) is 4. The summed E-state index contributed by atoms with van der Waals surface area (Å²) in [5, 5.41) is 12.5. The zero-order valence-corrected chi connectivity index (χ0v) is 14.4. The zero-order chi connectivity index (χ0) is 18.2. The van der Waals surface area contributed by atoms with Crippen molar-refractivity contribution >= 4 is 21.8 Å². The van der Waals surface area contributed by atoms with Gasteiger partial charge in [0.1, 0.15) is 5.75 Å². The summed E-state index contributed by atoms with van der Waals surface area (Å²) >= 11 is 0. The summed E-state index contributed by atoms with van der Waals surface area (Å²) in [6.45, 7) is 0. The first kappa shape index (κ1) is 15.5. The minimum absolute atomic E-state index is 0.197. The van der Waals surface area contributed by atoms with Crippen molar-refractivity contribution in [2.75, 3.05) is 0 Å². The van der Waals surface area contributed by atoms with E-state index in [9.17, 15) is 5.11 Å². The van der Waals surface area contributed by atoms with Gasteiger partial charge in [0.2, 0.25) is 0 Å². The van der Waals surface area contributed by atoms with Gasteiger partial charge in [-0.25, -0.2) is 4.98 Å². The molecule has 27 heavy (non-hydrogen) atoms. The molecule has 4 nitrogen and oxygen atoms in total. The topological polar surface area (TPSA) is 58.9 Å². The Morgan fingerprint density at radius 2 is 1.52 bits per heavy atom. The van der Waals surface area contributed by atoms with Crippen molar-refractivity contribution in [3.8, 4) is 28.1 Å². The second-order valence-electron chi connectivity index (χ2n) is 6.38. The van der Waals surface area contributed by atoms with Crippen LogP contribution in [0.4, 0.5) is 0 Å². The number of aromatic hydroxyl groups is 1. The van der Waals surface area contributed by atoms with Crippen LogP contribution in [0.3, 0.4) is 0 Å². The number of phenolic OH excluding ortho intramolecular Hbond substituents is 1. The minimum atomic E-state index is 0.197. The summed E-state index contributed by atoms with van der Waals surface area (Å²) in [4.78, 5) is 13.5. The van der Waals surface area contributed by atoms with Gasteiger partial charge in [-0.1, -0.05) is 36.4 Å². The van der Waals surface area contributed by atoms with E-state index >= 15 is 0 Å². The molecule has 0 atom stereocenters. The Balaban J connectivity index is 1.72. The molecule has 0 saturated heterocycles. The number of benzene rings is 2. The van der Waals surface area contributed by atoms with Crippen molar-refractivity contribution in [2.45, 2.75) is 0 Å². The molecule has 0 radical (unpaired) electrons. The van der Waals surface area contributed by atoms with Crippen LogP contribution >= 0.6 is 0 Å². The van der Waals surface area contributed by atoms with Gasteiger partial charge < -0.3 is 5.11 Å². The number of fused-ring (bicyclic) bond motifs is 3. The SMILES string of the molecule is Oc1ccc(-c2cccnc2)cc1-c1ccc2ccc3cccnc3c2n1. The van der Waals surface area contributed by atoms with E-state index in [0.717, 1.165) is 32.9 Å². The lowest BCUT2D eigenvalue weighted by Gasteiger charge is -2.09. The molecule has 0 spiro atoms. The molecule has 2 aromatic carbocycles. The lowest BCUT2D eigenvalue weighted by atomic mass is 10.0. The first-order valence-corrected chi connectivity index (χ1v) is 8.68. The van der Waals surface area contributed by atoms with Crippen molar-refractivity contribution in [3.63, 3.8) is 0 Å². The molecule has 128 valence electrons. The summed E-state index contributed by atoms with van der Waals surface area (Å²) in [6.07, 6.45) is 5.33. The quantitative estimate of drug-likeness (QED) is 0.444. The van der Waals surface area contributed by atoms with E-state index in [2.05, 4.69) is 9.97 Å². The fourth-order valence-electron chi connectivity index (χ4n) is 3.33. The van der Waals surface area contributed by atoms with E-state index in [1.54, 1.807) is 24.7 Å². The molecular formula is C23H15N3O. The Bertz CT molecular complexity index is 1280. The van der Waals surface area contributed by atoms with Crippen molar-refractivity contribution < 1.29 is 5.11 Å². The number of pyridine rings is 3. The van der Waals surface area contributed by atoms with Gasteiger partial charge in [-0.3, -0.25) is 9.97 Å². The first-order valence-electron chi connectivity index (χ1n) is 8.68. The number of hydrogen-bond donors (Lipinski definition) is 1. The summed E-state index contributed by atoms with van der Waals surface area (Å²) in [6, 6.07) is 21.4. The molecule has 0 aliphatic heterocycles.